The van der Waals surface area contributed by atoms with Gasteiger partial charge in [-0.2, -0.15) is 0 Å². The molecule has 8 heteroatoms. The summed E-state index contributed by atoms with van der Waals surface area (Å²) >= 11 is 6.26. The first-order valence-corrected chi connectivity index (χ1v) is 11.1. The lowest BCUT2D eigenvalue weighted by atomic mass is 9.84. The van der Waals surface area contributed by atoms with Crippen LogP contribution in [-0.4, -0.2) is 75.2 Å². The molecule has 1 aliphatic heterocycles. The number of rotatable bonds is 8. The standard InChI is InChI=1S/C22H37ClFN5.HI/c1-5-25-21(26-10-6-12-29-13-7-11-28(4)14-15-29)27-17-22(2,3)19-9-8-18(24)16-20(19)23;/h8-9,16H,5-7,10-15,17H2,1-4H3,(H2,25,26,27);1H. The van der Waals surface area contributed by atoms with Gasteiger partial charge in [0.15, 0.2) is 5.96 Å². The molecule has 0 saturated carbocycles. The molecule has 1 saturated heterocycles. The molecule has 1 aliphatic rings. The molecule has 1 aromatic carbocycles. The maximum Gasteiger partial charge on any atom is 0.191 e. The van der Waals surface area contributed by atoms with Crippen LogP contribution < -0.4 is 10.6 Å². The van der Waals surface area contributed by atoms with Crippen molar-refractivity contribution in [3.05, 3.63) is 34.6 Å². The Balaban J connectivity index is 0.00000450. The third kappa shape index (κ3) is 9.24. The van der Waals surface area contributed by atoms with E-state index in [1.165, 1.54) is 31.6 Å². The van der Waals surface area contributed by atoms with Crippen molar-refractivity contribution in [2.45, 2.75) is 39.0 Å². The van der Waals surface area contributed by atoms with Crippen LogP contribution in [0.5, 0.6) is 0 Å². The lowest BCUT2D eigenvalue weighted by Crippen LogP contribution is -2.40. The number of nitrogens with one attached hydrogen (secondary N) is 2. The highest BCUT2D eigenvalue weighted by Crippen LogP contribution is 2.30. The number of benzene rings is 1. The van der Waals surface area contributed by atoms with Crippen LogP contribution in [0.2, 0.25) is 5.02 Å². The predicted molar refractivity (Wildman–Crippen MR) is 137 cm³/mol. The van der Waals surface area contributed by atoms with Gasteiger partial charge in [-0.3, -0.25) is 4.99 Å². The second-order valence-corrected chi connectivity index (χ2v) is 8.89. The summed E-state index contributed by atoms with van der Waals surface area (Å²) in [5.41, 5.74) is 0.622. The van der Waals surface area contributed by atoms with Crippen molar-refractivity contribution in [2.24, 2.45) is 4.99 Å². The second-order valence-electron chi connectivity index (χ2n) is 8.48. The molecule has 0 atom stereocenters. The van der Waals surface area contributed by atoms with E-state index in [4.69, 9.17) is 16.6 Å². The quantitative estimate of drug-likeness (QED) is 0.221. The van der Waals surface area contributed by atoms with Crippen LogP contribution in [0.1, 0.15) is 39.2 Å². The molecule has 1 aromatic rings. The number of likely N-dealkylation sites (N-methyl/N-ethyl adjacent to an activating group) is 1. The van der Waals surface area contributed by atoms with Gasteiger partial charge in [-0.25, -0.2) is 4.39 Å². The van der Waals surface area contributed by atoms with Gasteiger partial charge in [0.1, 0.15) is 5.82 Å². The van der Waals surface area contributed by atoms with Crippen LogP contribution in [0.15, 0.2) is 23.2 Å². The summed E-state index contributed by atoms with van der Waals surface area (Å²) in [6.07, 6.45) is 2.33. The first-order chi connectivity index (χ1) is 13.8. The van der Waals surface area contributed by atoms with Crippen molar-refractivity contribution >= 4 is 41.5 Å². The van der Waals surface area contributed by atoms with Gasteiger partial charge in [0.25, 0.3) is 0 Å². The topological polar surface area (TPSA) is 42.9 Å². The predicted octanol–water partition coefficient (Wildman–Crippen LogP) is 3.96. The van der Waals surface area contributed by atoms with Crippen molar-refractivity contribution in [3.63, 3.8) is 0 Å². The molecule has 0 aliphatic carbocycles. The lowest BCUT2D eigenvalue weighted by molar-refractivity contribution is 0.274. The third-order valence-electron chi connectivity index (χ3n) is 5.39. The Morgan fingerprint density at radius 2 is 1.97 bits per heavy atom. The fraction of sp³-hybridized carbons (Fsp3) is 0.682. The molecular weight excluding hydrogens is 516 g/mol. The highest BCUT2D eigenvalue weighted by Gasteiger charge is 2.23. The Kier molecular flexibility index (Phi) is 12.5. The fourth-order valence-electron chi connectivity index (χ4n) is 3.57. The summed E-state index contributed by atoms with van der Waals surface area (Å²) in [4.78, 5) is 9.71. The normalized spacial score (nSPS) is 16.7. The molecule has 5 nitrogen and oxygen atoms in total. The van der Waals surface area contributed by atoms with Crippen molar-refractivity contribution in [1.29, 1.82) is 0 Å². The van der Waals surface area contributed by atoms with Gasteiger partial charge in [-0.1, -0.05) is 31.5 Å². The van der Waals surface area contributed by atoms with Crippen LogP contribution in [0.3, 0.4) is 0 Å². The average molecular weight is 554 g/mol. The largest absolute Gasteiger partial charge is 0.357 e. The van der Waals surface area contributed by atoms with Gasteiger partial charge in [-0.15, -0.1) is 24.0 Å². The van der Waals surface area contributed by atoms with Crippen molar-refractivity contribution in [2.75, 3.05) is 59.4 Å². The molecule has 1 fully saturated rings. The highest BCUT2D eigenvalue weighted by molar-refractivity contribution is 14.0. The Labute approximate surface area is 203 Å². The molecule has 172 valence electrons. The van der Waals surface area contributed by atoms with Crippen molar-refractivity contribution in [3.8, 4) is 0 Å². The first kappa shape index (κ1) is 27.4. The van der Waals surface area contributed by atoms with Crippen LogP contribution in [0.25, 0.3) is 0 Å². The molecule has 0 radical (unpaired) electrons. The number of hydrogen-bond acceptors (Lipinski definition) is 3. The fourth-order valence-corrected chi connectivity index (χ4v) is 4.00. The maximum atomic E-state index is 13.4. The van der Waals surface area contributed by atoms with Crippen molar-refractivity contribution < 1.29 is 4.39 Å². The van der Waals surface area contributed by atoms with Gasteiger partial charge in [0, 0.05) is 36.6 Å². The molecule has 0 aromatic heterocycles. The minimum Gasteiger partial charge on any atom is -0.357 e. The van der Waals surface area contributed by atoms with Crippen LogP contribution >= 0.6 is 35.6 Å². The molecule has 30 heavy (non-hydrogen) atoms. The lowest BCUT2D eigenvalue weighted by Gasteiger charge is -2.25. The van der Waals surface area contributed by atoms with Gasteiger partial charge < -0.3 is 20.4 Å². The van der Waals surface area contributed by atoms with Gasteiger partial charge in [0.05, 0.1) is 6.54 Å². The Hall–Kier alpha value is -0.640. The summed E-state index contributed by atoms with van der Waals surface area (Å²) < 4.78 is 13.4. The second kappa shape index (κ2) is 13.7. The van der Waals surface area contributed by atoms with E-state index in [0.717, 1.165) is 50.7 Å². The van der Waals surface area contributed by atoms with Crippen LogP contribution in [-0.2, 0) is 5.41 Å². The smallest absolute Gasteiger partial charge is 0.191 e. The number of nitrogens with zero attached hydrogens (tertiary/aromatic N) is 3. The minimum atomic E-state index is -0.316. The Bertz CT molecular complexity index is 671. The zero-order valence-electron chi connectivity index (χ0n) is 18.8. The molecule has 2 N–H and O–H groups in total. The number of guanidine groups is 1. The van der Waals surface area contributed by atoms with E-state index in [1.54, 1.807) is 6.07 Å². The Morgan fingerprint density at radius 3 is 2.67 bits per heavy atom. The summed E-state index contributed by atoms with van der Waals surface area (Å²) in [6, 6.07) is 4.58. The van der Waals surface area contributed by atoms with Crippen LogP contribution in [0.4, 0.5) is 4.39 Å². The summed E-state index contributed by atoms with van der Waals surface area (Å²) in [5.74, 6) is 0.499. The summed E-state index contributed by atoms with van der Waals surface area (Å²) in [7, 11) is 2.20. The molecule has 0 unspecified atom stereocenters. The molecule has 2 rings (SSSR count). The molecule has 1 heterocycles. The van der Waals surface area contributed by atoms with E-state index >= 15 is 0 Å². The van der Waals surface area contributed by atoms with Gasteiger partial charge in [0.2, 0.25) is 0 Å². The highest BCUT2D eigenvalue weighted by atomic mass is 127. The number of halogens is 3. The van der Waals surface area contributed by atoms with Crippen molar-refractivity contribution in [1.82, 2.24) is 20.4 Å². The Morgan fingerprint density at radius 1 is 1.20 bits per heavy atom. The zero-order chi connectivity index (χ0) is 21.3. The number of aliphatic imine (C=N–C) groups is 1. The van der Waals surface area contributed by atoms with Crippen LogP contribution in [0, 0.1) is 5.82 Å². The summed E-state index contributed by atoms with van der Waals surface area (Å²) in [6.45, 7) is 14.3. The SMILES string of the molecule is CCNC(=NCC(C)(C)c1ccc(F)cc1Cl)NCCCN1CCCN(C)CC1.I. The van der Waals surface area contributed by atoms with Gasteiger partial charge in [-0.05, 0) is 64.1 Å². The number of hydrogen-bond donors (Lipinski definition) is 2. The third-order valence-corrected chi connectivity index (χ3v) is 5.71. The average Bonchev–Trinajstić information content (AvgIpc) is 2.87. The zero-order valence-corrected chi connectivity index (χ0v) is 21.9. The molecule has 0 spiro atoms. The minimum absolute atomic E-state index is 0. The monoisotopic (exact) mass is 553 g/mol. The molecule has 0 bridgehead atoms. The van der Waals surface area contributed by atoms with E-state index in [-0.39, 0.29) is 35.2 Å². The van der Waals surface area contributed by atoms with E-state index in [0.29, 0.717) is 11.6 Å². The molecule has 0 amide bonds. The van der Waals surface area contributed by atoms with Gasteiger partial charge >= 0.3 is 0 Å². The first-order valence-electron chi connectivity index (χ1n) is 10.7. The van der Waals surface area contributed by atoms with E-state index in [9.17, 15) is 4.39 Å². The van der Waals surface area contributed by atoms with E-state index < -0.39 is 0 Å². The summed E-state index contributed by atoms with van der Waals surface area (Å²) in [5, 5.41) is 7.20. The van der Waals surface area contributed by atoms with E-state index in [1.807, 2.05) is 0 Å². The van der Waals surface area contributed by atoms with E-state index in [2.05, 4.69) is 48.3 Å². The maximum absolute atomic E-state index is 13.4. The molecular formula is C22H38ClFIN5.